The Morgan fingerprint density at radius 2 is 1.74 bits per heavy atom. The summed E-state index contributed by atoms with van der Waals surface area (Å²) in [6.07, 6.45) is 11.2. The van der Waals surface area contributed by atoms with E-state index >= 15 is 0 Å². The van der Waals surface area contributed by atoms with Crippen LogP contribution in [0.2, 0.25) is 0 Å². The Kier molecular flexibility index (Phi) is 7.84. The van der Waals surface area contributed by atoms with Crippen LogP contribution in [0.15, 0.2) is 47.7 Å². The molecular formula is C31H40N4O4. The van der Waals surface area contributed by atoms with Gasteiger partial charge in [-0.05, 0) is 80.9 Å². The van der Waals surface area contributed by atoms with Crippen molar-refractivity contribution in [2.75, 3.05) is 32.8 Å². The number of nitrogens with one attached hydrogen (secondary N) is 2. The molecule has 0 saturated carbocycles. The summed E-state index contributed by atoms with van der Waals surface area (Å²) in [6, 6.07) is 9.10. The highest BCUT2D eigenvalue weighted by atomic mass is 16.5. The molecule has 208 valence electrons. The summed E-state index contributed by atoms with van der Waals surface area (Å²) in [5.74, 6) is 0.919. The van der Waals surface area contributed by atoms with Crippen molar-refractivity contribution in [1.82, 2.24) is 20.4 Å². The van der Waals surface area contributed by atoms with Gasteiger partial charge < -0.3 is 15.0 Å². The zero-order valence-electron chi connectivity index (χ0n) is 22.7. The minimum absolute atomic E-state index is 0.0313. The molecule has 4 heterocycles. The van der Waals surface area contributed by atoms with Crippen molar-refractivity contribution in [3.8, 4) is 0 Å². The van der Waals surface area contributed by atoms with Crippen LogP contribution in [0.5, 0.6) is 0 Å². The Morgan fingerprint density at radius 1 is 0.923 bits per heavy atom. The molecule has 8 nitrogen and oxygen atoms in total. The number of rotatable bonds is 7. The molecule has 3 atom stereocenters. The van der Waals surface area contributed by atoms with Crippen LogP contribution in [-0.4, -0.2) is 72.4 Å². The molecule has 4 saturated heterocycles. The molecule has 3 amide bonds. The van der Waals surface area contributed by atoms with Gasteiger partial charge in [0, 0.05) is 43.5 Å². The van der Waals surface area contributed by atoms with Gasteiger partial charge in [0.05, 0.1) is 5.76 Å². The first kappa shape index (κ1) is 26.3. The first-order valence-corrected chi connectivity index (χ1v) is 14.8. The quantitative estimate of drug-likeness (QED) is 0.525. The standard InChI is InChI=1S/C31H40N4O4/c36-29-11-10-28(30(37)33-29)35-19-24-17-26(8-9-27(24)31(35)38)39-20-25-3-1-2-16-34(25)18-21-4-6-22(7-5-21)23-12-14-32-15-13-23/h4-9,23-25,28,32H,1-3,10-20H2,(H,33,36,37)/t24?,25-,28?/m1/s1. The molecule has 1 aromatic carbocycles. The van der Waals surface area contributed by atoms with Crippen molar-refractivity contribution in [3.05, 3.63) is 58.9 Å². The minimum Gasteiger partial charge on any atom is -0.496 e. The van der Waals surface area contributed by atoms with Crippen molar-refractivity contribution in [2.24, 2.45) is 5.92 Å². The lowest BCUT2D eigenvalue weighted by Gasteiger charge is -2.36. The molecule has 0 spiro atoms. The average Bonchev–Trinajstić information content (AvgIpc) is 3.28. The summed E-state index contributed by atoms with van der Waals surface area (Å²) in [4.78, 5) is 41.1. The maximum Gasteiger partial charge on any atom is 0.250 e. The largest absolute Gasteiger partial charge is 0.496 e. The fourth-order valence-electron chi connectivity index (χ4n) is 6.94. The van der Waals surface area contributed by atoms with E-state index in [1.165, 1.54) is 36.8 Å². The molecule has 4 fully saturated rings. The second-order valence-electron chi connectivity index (χ2n) is 11.8. The molecule has 8 heteroatoms. The lowest BCUT2D eigenvalue weighted by Crippen LogP contribution is -2.53. The van der Waals surface area contributed by atoms with Crippen LogP contribution in [0.3, 0.4) is 0 Å². The first-order chi connectivity index (χ1) is 19.0. The van der Waals surface area contributed by atoms with Gasteiger partial charge in [0.1, 0.15) is 12.6 Å². The highest BCUT2D eigenvalue weighted by Gasteiger charge is 2.44. The summed E-state index contributed by atoms with van der Waals surface area (Å²) in [5.41, 5.74) is 3.58. The number of carbonyl (C=O) groups excluding carboxylic acids is 3. The van der Waals surface area contributed by atoms with E-state index in [0.29, 0.717) is 38.0 Å². The van der Waals surface area contributed by atoms with Gasteiger partial charge >= 0.3 is 0 Å². The monoisotopic (exact) mass is 532 g/mol. The van der Waals surface area contributed by atoms with Crippen LogP contribution in [-0.2, 0) is 25.7 Å². The summed E-state index contributed by atoms with van der Waals surface area (Å²) in [5, 5.41) is 5.83. The first-order valence-electron chi connectivity index (χ1n) is 14.8. The minimum atomic E-state index is -0.560. The highest BCUT2D eigenvalue weighted by molar-refractivity contribution is 6.04. The zero-order chi connectivity index (χ0) is 26.8. The lowest BCUT2D eigenvalue weighted by molar-refractivity contribution is -0.142. The molecule has 1 aliphatic carbocycles. The van der Waals surface area contributed by atoms with Gasteiger partial charge in [-0.1, -0.05) is 30.7 Å². The maximum absolute atomic E-state index is 13.0. The molecule has 0 radical (unpaired) electrons. The number of carbonyl (C=O) groups is 3. The number of piperidine rings is 3. The van der Waals surface area contributed by atoms with Crippen LogP contribution in [0.25, 0.3) is 0 Å². The lowest BCUT2D eigenvalue weighted by atomic mass is 9.90. The topological polar surface area (TPSA) is 91.0 Å². The van der Waals surface area contributed by atoms with E-state index in [4.69, 9.17) is 4.74 Å². The second-order valence-corrected chi connectivity index (χ2v) is 11.8. The van der Waals surface area contributed by atoms with Crippen molar-refractivity contribution in [1.29, 1.82) is 0 Å². The van der Waals surface area contributed by atoms with E-state index < -0.39 is 6.04 Å². The van der Waals surface area contributed by atoms with Gasteiger partial charge in [-0.3, -0.25) is 24.6 Å². The summed E-state index contributed by atoms with van der Waals surface area (Å²) < 4.78 is 6.36. The SMILES string of the molecule is O=C1CCC(N2CC3CC(OC[C@H]4CCCCN4Cc4ccc(C5CCNCC5)cc4)=CC=C3C2=O)C(=O)N1. The number of imide groups is 1. The van der Waals surface area contributed by atoms with Crippen LogP contribution >= 0.6 is 0 Å². The van der Waals surface area contributed by atoms with Crippen LogP contribution in [0.4, 0.5) is 0 Å². The molecule has 6 rings (SSSR count). The van der Waals surface area contributed by atoms with E-state index in [1.807, 2.05) is 12.2 Å². The van der Waals surface area contributed by atoms with Crippen molar-refractivity contribution >= 4 is 17.7 Å². The third-order valence-electron chi connectivity index (χ3n) is 9.23. The fraction of sp³-hybridized carbons (Fsp3) is 0.581. The van der Waals surface area contributed by atoms with Gasteiger partial charge in [-0.2, -0.15) is 0 Å². The smallest absolute Gasteiger partial charge is 0.250 e. The van der Waals surface area contributed by atoms with E-state index in [9.17, 15) is 14.4 Å². The van der Waals surface area contributed by atoms with E-state index in [1.54, 1.807) is 4.90 Å². The Morgan fingerprint density at radius 3 is 2.54 bits per heavy atom. The molecular weight excluding hydrogens is 492 g/mol. The number of likely N-dealkylation sites (tertiary alicyclic amines) is 2. The van der Waals surface area contributed by atoms with Gasteiger partial charge in [0.25, 0.3) is 5.91 Å². The van der Waals surface area contributed by atoms with E-state index in [2.05, 4.69) is 39.8 Å². The summed E-state index contributed by atoms with van der Waals surface area (Å²) in [6.45, 7) is 5.42. The molecule has 39 heavy (non-hydrogen) atoms. The number of ether oxygens (including phenoxy) is 1. The Bertz CT molecular complexity index is 1150. The van der Waals surface area contributed by atoms with Gasteiger partial charge in [0.2, 0.25) is 11.8 Å². The Labute approximate surface area is 230 Å². The molecule has 0 bridgehead atoms. The molecule has 5 aliphatic rings. The number of fused-ring (bicyclic) bond motifs is 1. The molecule has 2 N–H and O–H groups in total. The maximum atomic E-state index is 13.0. The summed E-state index contributed by atoms with van der Waals surface area (Å²) in [7, 11) is 0. The average molecular weight is 533 g/mol. The summed E-state index contributed by atoms with van der Waals surface area (Å²) >= 11 is 0. The molecule has 1 aromatic rings. The predicted molar refractivity (Wildman–Crippen MR) is 147 cm³/mol. The van der Waals surface area contributed by atoms with Crippen LogP contribution in [0, 0.1) is 5.92 Å². The van der Waals surface area contributed by atoms with Crippen LogP contribution in [0.1, 0.15) is 68.4 Å². The number of benzene rings is 1. The van der Waals surface area contributed by atoms with Crippen molar-refractivity contribution in [2.45, 2.75) is 75.9 Å². The van der Waals surface area contributed by atoms with Gasteiger partial charge in [-0.25, -0.2) is 0 Å². The molecule has 0 aromatic heterocycles. The van der Waals surface area contributed by atoms with Gasteiger partial charge in [0.15, 0.2) is 0 Å². The Balaban J connectivity index is 1.03. The third-order valence-corrected chi connectivity index (χ3v) is 9.23. The Hall–Kier alpha value is -2.97. The van der Waals surface area contributed by atoms with Crippen molar-refractivity contribution < 1.29 is 19.1 Å². The molecule has 2 unspecified atom stereocenters. The number of hydrogen-bond acceptors (Lipinski definition) is 6. The van der Waals surface area contributed by atoms with Crippen LogP contribution < -0.4 is 10.6 Å². The predicted octanol–water partition coefficient (Wildman–Crippen LogP) is 3.00. The number of amides is 3. The number of nitrogens with zero attached hydrogens (tertiary/aromatic N) is 2. The van der Waals surface area contributed by atoms with E-state index in [0.717, 1.165) is 43.9 Å². The molecule has 4 aliphatic heterocycles. The second kappa shape index (κ2) is 11.6. The third kappa shape index (κ3) is 5.82. The van der Waals surface area contributed by atoms with Crippen molar-refractivity contribution in [3.63, 3.8) is 0 Å². The zero-order valence-corrected chi connectivity index (χ0v) is 22.7. The van der Waals surface area contributed by atoms with E-state index in [-0.39, 0.29) is 30.1 Å². The number of allylic oxidation sites excluding steroid dienone is 3. The number of hydrogen-bond donors (Lipinski definition) is 2. The van der Waals surface area contributed by atoms with Gasteiger partial charge in [-0.15, -0.1) is 0 Å². The fourth-order valence-corrected chi connectivity index (χ4v) is 6.94. The normalized spacial score (nSPS) is 28.6. The highest BCUT2D eigenvalue weighted by Crippen LogP contribution is 2.36.